The van der Waals surface area contributed by atoms with Crippen LogP contribution < -0.4 is 10.6 Å². The van der Waals surface area contributed by atoms with Crippen LogP contribution in [0.5, 0.6) is 0 Å². The second-order valence-corrected chi connectivity index (χ2v) is 13.7. The van der Waals surface area contributed by atoms with E-state index in [1.165, 1.54) is 43.2 Å². The number of thiol groups is 2. The molecule has 0 heterocycles. The molecule has 0 aromatic rings. The lowest BCUT2D eigenvalue weighted by atomic mass is 10.2. The van der Waals surface area contributed by atoms with Gasteiger partial charge in [0.15, 0.2) is 0 Å². The number of hydrogen-bond donors (Lipinski definition) is 6. The normalized spacial score (nSPS) is 14.4. The Hall–Kier alpha value is -0.0200. The fourth-order valence-electron chi connectivity index (χ4n) is 1.50. The van der Waals surface area contributed by atoms with Crippen LogP contribution in [0, 0.1) is 0 Å². The molecule has 0 aliphatic rings. The van der Waals surface area contributed by atoms with E-state index in [9.17, 15) is 24.3 Å². The minimum Gasteiger partial charge on any atom is -0.480 e. The molecular formula is C16H28N2O6S6. The predicted octanol–water partition coefficient (Wildman–Crippen LogP) is 2.30. The largest absolute Gasteiger partial charge is 0.480 e. The van der Waals surface area contributed by atoms with Crippen molar-refractivity contribution in [3.8, 4) is 0 Å². The van der Waals surface area contributed by atoms with Gasteiger partial charge in [-0.25, -0.2) is 9.59 Å². The van der Waals surface area contributed by atoms with E-state index in [0.717, 1.165) is 17.9 Å². The SMILES string of the molecule is CC(S)C(=O)NC(CSSCCCSSCC(NC(=O)C(C)(C)S)C(=O)O)C(=O)O. The van der Waals surface area contributed by atoms with Crippen LogP contribution in [0.1, 0.15) is 27.2 Å². The smallest absolute Gasteiger partial charge is 0.327 e. The standard InChI is InChI=1S/C16H28N2O6S6/c1-9(25)12(19)17-10(13(20)21)7-29-27-5-4-6-28-30-8-11(14(22)23)18-15(24)16(2,3)26/h9-11,25-26H,4-8H2,1-3H3,(H,17,19)(H,18,24)(H,20,21)(H,22,23). The molecule has 3 unspecified atom stereocenters. The van der Waals surface area contributed by atoms with Gasteiger partial charge in [0.05, 0.1) is 10.00 Å². The van der Waals surface area contributed by atoms with Crippen LogP contribution in [0.3, 0.4) is 0 Å². The van der Waals surface area contributed by atoms with Crippen molar-refractivity contribution < 1.29 is 29.4 Å². The molecule has 8 nitrogen and oxygen atoms in total. The summed E-state index contributed by atoms with van der Waals surface area (Å²) in [6, 6.07) is -1.94. The summed E-state index contributed by atoms with van der Waals surface area (Å²) < 4.78 is -0.951. The molecule has 0 aromatic heterocycles. The van der Waals surface area contributed by atoms with E-state index in [4.69, 9.17) is 5.11 Å². The first-order chi connectivity index (χ1) is 13.9. The average Bonchev–Trinajstić information content (AvgIpc) is 2.62. The van der Waals surface area contributed by atoms with Crippen molar-refractivity contribution in [3.05, 3.63) is 0 Å². The van der Waals surface area contributed by atoms with Gasteiger partial charge in [-0.1, -0.05) is 43.2 Å². The number of carboxylic acid groups (broad SMARTS) is 2. The van der Waals surface area contributed by atoms with E-state index in [0.29, 0.717) is 0 Å². The second kappa shape index (κ2) is 15.7. The summed E-state index contributed by atoms with van der Waals surface area (Å²) in [7, 11) is 5.78. The summed E-state index contributed by atoms with van der Waals surface area (Å²) in [5, 5.41) is 22.7. The van der Waals surface area contributed by atoms with Gasteiger partial charge in [-0.05, 0) is 27.2 Å². The van der Waals surface area contributed by atoms with Gasteiger partial charge < -0.3 is 20.8 Å². The lowest BCUT2D eigenvalue weighted by Crippen LogP contribution is -2.48. The van der Waals surface area contributed by atoms with Crippen LogP contribution in [-0.2, 0) is 19.2 Å². The molecule has 0 aromatic carbocycles. The molecule has 0 fully saturated rings. The molecule has 0 rings (SSSR count). The van der Waals surface area contributed by atoms with Crippen LogP contribution in [0.4, 0.5) is 0 Å². The maximum Gasteiger partial charge on any atom is 0.327 e. The van der Waals surface area contributed by atoms with Gasteiger partial charge in [-0.2, -0.15) is 25.3 Å². The maximum absolute atomic E-state index is 11.9. The van der Waals surface area contributed by atoms with Gasteiger partial charge in [0.1, 0.15) is 12.1 Å². The Morgan fingerprint density at radius 3 is 1.70 bits per heavy atom. The molecule has 0 saturated heterocycles. The van der Waals surface area contributed by atoms with Crippen LogP contribution >= 0.6 is 68.4 Å². The van der Waals surface area contributed by atoms with Gasteiger partial charge >= 0.3 is 11.9 Å². The Kier molecular flexibility index (Phi) is 15.7. The van der Waals surface area contributed by atoms with Crippen molar-refractivity contribution in [2.24, 2.45) is 0 Å². The number of amides is 2. The van der Waals surface area contributed by atoms with Gasteiger partial charge in [-0.15, -0.1) is 0 Å². The van der Waals surface area contributed by atoms with Crippen molar-refractivity contribution in [1.82, 2.24) is 10.6 Å². The lowest BCUT2D eigenvalue weighted by molar-refractivity contribution is -0.141. The first-order valence-corrected chi connectivity index (χ1v) is 14.8. The number of carbonyl (C=O) groups is 4. The molecule has 0 saturated carbocycles. The maximum atomic E-state index is 11.9. The molecule has 30 heavy (non-hydrogen) atoms. The van der Waals surface area contributed by atoms with Gasteiger partial charge in [-0.3, -0.25) is 9.59 Å². The molecule has 0 radical (unpaired) electrons. The first-order valence-electron chi connectivity index (χ1n) is 8.82. The highest BCUT2D eigenvalue weighted by molar-refractivity contribution is 8.77. The van der Waals surface area contributed by atoms with Crippen molar-refractivity contribution in [2.75, 3.05) is 23.0 Å². The summed E-state index contributed by atoms with van der Waals surface area (Å²) in [5.74, 6) is -0.972. The van der Waals surface area contributed by atoms with Crippen LogP contribution in [0.15, 0.2) is 0 Å². The summed E-state index contributed by atoms with van der Waals surface area (Å²) in [5.41, 5.74) is 0. The Balaban J connectivity index is 3.97. The third-order valence-corrected chi connectivity index (χ3v) is 8.68. The van der Waals surface area contributed by atoms with Crippen molar-refractivity contribution >= 4 is 92.2 Å². The zero-order valence-electron chi connectivity index (χ0n) is 16.8. The number of carbonyl (C=O) groups excluding carboxylic acids is 2. The summed E-state index contributed by atoms with van der Waals surface area (Å²) >= 11 is 8.10. The molecule has 0 aliphatic carbocycles. The molecule has 0 spiro atoms. The van der Waals surface area contributed by atoms with Crippen molar-refractivity contribution in [2.45, 2.75) is 49.3 Å². The predicted molar refractivity (Wildman–Crippen MR) is 135 cm³/mol. The van der Waals surface area contributed by atoms with Crippen LogP contribution in [-0.4, -0.2) is 79.1 Å². The zero-order valence-corrected chi connectivity index (χ0v) is 21.9. The molecule has 0 bridgehead atoms. The monoisotopic (exact) mass is 536 g/mol. The highest BCUT2D eigenvalue weighted by Gasteiger charge is 2.28. The van der Waals surface area contributed by atoms with E-state index >= 15 is 0 Å². The third kappa shape index (κ3) is 14.1. The Bertz CT molecular complexity index is 587. The minimum atomic E-state index is -1.09. The van der Waals surface area contributed by atoms with E-state index in [1.54, 1.807) is 20.8 Å². The highest BCUT2D eigenvalue weighted by Crippen LogP contribution is 2.27. The molecule has 4 N–H and O–H groups in total. The van der Waals surface area contributed by atoms with E-state index < -0.39 is 45.8 Å². The minimum absolute atomic E-state index is 0.237. The second-order valence-electron chi connectivity index (χ2n) is 6.57. The Morgan fingerprint density at radius 1 is 0.900 bits per heavy atom. The molecule has 174 valence electrons. The van der Waals surface area contributed by atoms with Gasteiger partial charge in [0, 0.05) is 23.0 Å². The van der Waals surface area contributed by atoms with E-state index in [1.807, 2.05) is 0 Å². The third-order valence-electron chi connectivity index (χ3n) is 3.24. The quantitative estimate of drug-likeness (QED) is 0.0992. The Labute approximate surface area is 203 Å². The van der Waals surface area contributed by atoms with E-state index in [2.05, 4.69) is 35.9 Å². The number of carboxylic acids is 2. The van der Waals surface area contributed by atoms with Crippen molar-refractivity contribution in [3.63, 3.8) is 0 Å². The molecular weight excluding hydrogens is 509 g/mol. The molecule has 3 atom stereocenters. The van der Waals surface area contributed by atoms with Gasteiger partial charge in [0.25, 0.3) is 0 Å². The zero-order chi connectivity index (χ0) is 23.3. The van der Waals surface area contributed by atoms with E-state index in [-0.39, 0.29) is 11.5 Å². The summed E-state index contributed by atoms with van der Waals surface area (Å²) in [6.07, 6.45) is 0.848. The fourth-order valence-corrected chi connectivity index (χ4v) is 6.31. The number of nitrogens with one attached hydrogen (secondary N) is 2. The lowest BCUT2D eigenvalue weighted by Gasteiger charge is -2.20. The number of rotatable bonds is 16. The molecule has 2 amide bonds. The number of hydrogen-bond acceptors (Lipinski definition) is 10. The van der Waals surface area contributed by atoms with Crippen LogP contribution in [0.25, 0.3) is 0 Å². The van der Waals surface area contributed by atoms with Gasteiger partial charge in [0.2, 0.25) is 11.8 Å². The molecule has 0 aliphatic heterocycles. The first kappa shape index (κ1) is 30.0. The summed E-state index contributed by atoms with van der Waals surface area (Å²) in [6.45, 7) is 4.76. The molecule has 14 heteroatoms. The average molecular weight is 537 g/mol. The van der Waals surface area contributed by atoms with Crippen LogP contribution in [0.2, 0.25) is 0 Å². The topological polar surface area (TPSA) is 133 Å². The fraction of sp³-hybridized carbons (Fsp3) is 0.750. The number of aliphatic carboxylic acids is 2. The summed E-state index contributed by atoms with van der Waals surface area (Å²) in [4.78, 5) is 45.9. The van der Waals surface area contributed by atoms with Crippen molar-refractivity contribution in [1.29, 1.82) is 0 Å². The highest BCUT2D eigenvalue weighted by atomic mass is 33.1. The Morgan fingerprint density at radius 2 is 1.33 bits per heavy atom.